The van der Waals surface area contributed by atoms with Gasteiger partial charge in [0.15, 0.2) is 0 Å². The van der Waals surface area contributed by atoms with Gasteiger partial charge >= 0.3 is 12.2 Å². The zero-order valence-electron chi connectivity index (χ0n) is 13.1. The molecule has 8 heteroatoms. The SMILES string of the molecule is CC(=O)N(C)C[C@H](CNC(=O)OCc1ccccc1)NC(=O)O. The molecule has 1 rings (SSSR count). The van der Waals surface area contributed by atoms with Crippen LogP contribution in [-0.4, -0.2) is 54.3 Å². The predicted octanol–water partition coefficient (Wildman–Crippen LogP) is 1.03. The Morgan fingerprint density at radius 2 is 1.91 bits per heavy atom. The van der Waals surface area contributed by atoms with Crippen molar-refractivity contribution in [2.45, 2.75) is 19.6 Å². The van der Waals surface area contributed by atoms with Crippen molar-refractivity contribution in [2.24, 2.45) is 0 Å². The molecular weight excluding hydrogens is 302 g/mol. The van der Waals surface area contributed by atoms with E-state index in [-0.39, 0.29) is 25.6 Å². The molecule has 0 aliphatic carbocycles. The smallest absolute Gasteiger partial charge is 0.407 e. The number of benzene rings is 1. The van der Waals surface area contributed by atoms with Gasteiger partial charge < -0.3 is 25.4 Å². The molecule has 126 valence electrons. The highest BCUT2D eigenvalue weighted by molar-refractivity contribution is 5.73. The number of alkyl carbamates (subject to hydrolysis) is 1. The Morgan fingerprint density at radius 1 is 1.26 bits per heavy atom. The summed E-state index contributed by atoms with van der Waals surface area (Å²) in [4.78, 5) is 35.0. The molecule has 0 aliphatic rings. The van der Waals surface area contributed by atoms with Crippen LogP contribution in [0.4, 0.5) is 9.59 Å². The highest BCUT2D eigenvalue weighted by atomic mass is 16.5. The number of carbonyl (C=O) groups is 3. The summed E-state index contributed by atoms with van der Waals surface area (Å²) in [5, 5.41) is 13.5. The van der Waals surface area contributed by atoms with Gasteiger partial charge in [-0.3, -0.25) is 4.79 Å². The maximum Gasteiger partial charge on any atom is 0.407 e. The lowest BCUT2D eigenvalue weighted by Crippen LogP contribution is -2.49. The molecule has 1 aromatic rings. The molecular formula is C15H21N3O5. The number of nitrogens with one attached hydrogen (secondary N) is 2. The second-order valence-corrected chi connectivity index (χ2v) is 4.99. The molecule has 0 fully saturated rings. The molecule has 0 saturated heterocycles. The fraction of sp³-hybridized carbons (Fsp3) is 0.400. The van der Waals surface area contributed by atoms with E-state index >= 15 is 0 Å². The van der Waals surface area contributed by atoms with E-state index in [2.05, 4.69) is 10.6 Å². The van der Waals surface area contributed by atoms with Gasteiger partial charge in [-0.15, -0.1) is 0 Å². The second kappa shape index (κ2) is 9.29. The zero-order valence-corrected chi connectivity index (χ0v) is 13.1. The lowest BCUT2D eigenvalue weighted by atomic mass is 10.2. The molecule has 1 aromatic carbocycles. The fourth-order valence-corrected chi connectivity index (χ4v) is 1.78. The lowest BCUT2D eigenvalue weighted by Gasteiger charge is -2.23. The van der Waals surface area contributed by atoms with Crippen molar-refractivity contribution in [2.75, 3.05) is 20.1 Å². The van der Waals surface area contributed by atoms with Crippen molar-refractivity contribution in [1.29, 1.82) is 0 Å². The molecule has 0 aliphatic heterocycles. The van der Waals surface area contributed by atoms with Crippen molar-refractivity contribution in [3.63, 3.8) is 0 Å². The van der Waals surface area contributed by atoms with E-state index in [4.69, 9.17) is 9.84 Å². The lowest BCUT2D eigenvalue weighted by molar-refractivity contribution is -0.127. The molecule has 0 radical (unpaired) electrons. The second-order valence-electron chi connectivity index (χ2n) is 4.99. The third-order valence-electron chi connectivity index (χ3n) is 3.06. The first-order chi connectivity index (χ1) is 10.9. The standard InChI is InChI=1S/C15H21N3O5/c1-11(19)18(2)9-13(17-14(20)21)8-16-15(22)23-10-12-6-4-3-5-7-12/h3-7,13,17H,8-10H2,1-2H3,(H,16,22)(H,20,21)/t13-/m0/s1. The van der Waals surface area contributed by atoms with Gasteiger partial charge in [-0.1, -0.05) is 30.3 Å². The molecule has 0 unspecified atom stereocenters. The van der Waals surface area contributed by atoms with Crippen LogP contribution in [0.25, 0.3) is 0 Å². The molecule has 0 aromatic heterocycles. The maximum atomic E-state index is 11.6. The summed E-state index contributed by atoms with van der Waals surface area (Å²) in [6, 6.07) is 8.54. The fourth-order valence-electron chi connectivity index (χ4n) is 1.78. The number of rotatable bonds is 7. The van der Waals surface area contributed by atoms with Gasteiger partial charge in [0.1, 0.15) is 6.61 Å². The minimum atomic E-state index is -1.23. The third kappa shape index (κ3) is 7.70. The molecule has 3 N–H and O–H groups in total. The number of nitrogens with zero attached hydrogens (tertiary/aromatic N) is 1. The quantitative estimate of drug-likeness (QED) is 0.694. The Labute approximate surface area is 134 Å². The minimum Gasteiger partial charge on any atom is -0.465 e. The van der Waals surface area contributed by atoms with E-state index in [0.717, 1.165) is 5.56 Å². The Hall–Kier alpha value is -2.77. The van der Waals surface area contributed by atoms with Crippen LogP contribution in [0.1, 0.15) is 12.5 Å². The Kier molecular flexibility index (Phi) is 7.38. The highest BCUT2D eigenvalue weighted by Gasteiger charge is 2.17. The van der Waals surface area contributed by atoms with Crippen LogP contribution >= 0.6 is 0 Å². The minimum absolute atomic E-state index is 0.0115. The topological polar surface area (TPSA) is 108 Å². The van der Waals surface area contributed by atoms with Gasteiger partial charge in [-0.25, -0.2) is 9.59 Å². The van der Waals surface area contributed by atoms with Gasteiger partial charge in [-0.2, -0.15) is 0 Å². The summed E-state index contributed by atoms with van der Waals surface area (Å²) in [7, 11) is 1.55. The maximum absolute atomic E-state index is 11.6. The number of ether oxygens (including phenoxy) is 1. The van der Waals surface area contributed by atoms with E-state index < -0.39 is 18.2 Å². The van der Waals surface area contributed by atoms with Crippen LogP contribution in [-0.2, 0) is 16.1 Å². The first-order valence-corrected chi connectivity index (χ1v) is 7.04. The van der Waals surface area contributed by atoms with Crippen molar-refractivity contribution < 1.29 is 24.2 Å². The summed E-state index contributed by atoms with van der Waals surface area (Å²) in [6.45, 7) is 1.65. The van der Waals surface area contributed by atoms with Crippen molar-refractivity contribution in [3.05, 3.63) is 35.9 Å². The van der Waals surface area contributed by atoms with Gasteiger partial charge in [0.2, 0.25) is 5.91 Å². The molecule has 1 atom stereocenters. The van der Waals surface area contributed by atoms with Gasteiger partial charge in [0.05, 0.1) is 6.04 Å². The van der Waals surface area contributed by atoms with Crippen LogP contribution in [0, 0.1) is 0 Å². The van der Waals surface area contributed by atoms with E-state index in [1.807, 2.05) is 30.3 Å². The number of likely N-dealkylation sites (N-methyl/N-ethyl adjacent to an activating group) is 1. The summed E-state index contributed by atoms with van der Waals surface area (Å²) in [5.74, 6) is -0.200. The van der Waals surface area contributed by atoms with Crippen LogP contribution in [0.5, 0.6) is 0 Å². The molecule has 0 spiro atoms. The zero-order chi connectivity index (χ0) is 17.2. The van der Waals surface area contributed by atoms with Crippen LogP contribution < -0.4 is 10.6 Å². The average molecular weight is 323 g/mol. The van der Waals surface area contributed by atoms with Crippen LogP contribution in [0.15, 0.2) is 30.3 Å². The van der Waals surface area contributed by atoms with Gasteiger partial charge in [0, 0.05) is 27.1 Å². The van der Waals surface area contributed by atoms with E-state index in [1.165, 1.54) is 11.8 Å². The molecule has 0 bridgehead atoms. The van der Waals surface area contributed by atoms with Crippen molar-refractivity contribution >= 4 is 18.1 Å². The Bertz CT molecular complexity index is 535. The number of hydrogen-bond donors (Lipinski definition) is 3. The summed E-state index contributed by atoms with van der Waals surface area (Å²) in [6.07, 6.45) is -1.89. The van der Waals surface area contributed by atoms with E-state index in [1.54, 1.807) is 7.05 Å². The van der Waals surface area contributed by atoms with Gasteiger partial charge in [0.25, 0.3) is 0 Å². The molecule has 8 nitrogen and oxygen atoms in total. The number of hydrogen-bond acceptors (Lipinski definition) is 4. The van der Waals surface area contributed by atoms with Crippen LogP contribution in [0.3, 0.4) is 0 Å². The Balaban J connectivity index is 2.41. The number of carboxylic acid groups (broad SMARTS) is 1. The summed E-state index contributed by atoms with van der Waals surface area (Å²) in [5.41, 5.74) is 0.846. The van der Waals surface area contributed by atoms with E-state index in [0.29, 0.717) is 0 Å². The molecule has 23 heavy (non-hydrogen) atoms. The van der Waals surface area contributed by atoms with Crippen molar-refractivity contribution in [1.82, 2.24) is 15.5 Å². The number of amides is 3. The highest BCUT2D eigenvalue weighted by Crippen LogP contribution is 2.00. The third-order valence-corrected chi connectivity index (χ3v) is 3.06. The normalized spacial score (nSPS) is 11.2. The number of carbonyl (C=O) groups excluding carboxylic acids is 2. The average Bonchev–Trinajstić information content (AvgIpc) is 2.51. The first kappa shape index (κ1) is 18.3. The molecule has 0 saturated carbocycles. The van der Waals surface area contributed by atoms with E-state index in [9.17, 15) is 14.4 Å². The molecule has 3 amide bonds. The summed E-state index contributed by atoms with van der Waals surface area (Å²) >= 11 is 0. The van der Waals surface area contributed by atoms with Gasteiger partial charge in [-0.05, 0) is 5.56 Å². The van der Waals surface area contributed by atoms with Crippen LogP contribution in [0.2, 0.25) is 0 Å². The molecule has 0 heterocycles. The van der Waals surface area contributed by atoms with Crippen molar-refractivity contribution in [3.8, 4) is 0 Å². The largest absolute Gasteiger partial charge is 0.465 e. The first-order valence-electron chi connectivity index (χ1n) is 7.04. The monoisotopic (exact) mass is 323 g/mol. The Morgan fingerprint density at radius 3 is 2.48 bits per heavy atom. The predicted molar refractivity (Wildman–Crippen MR) is 82.9 cm³/mol. The summed E-state index contributed by atoms with van der Waals surface area (Å²) < 4.78 is 5.03.